The van der Waals surface area contributed by atoms with Crippen LogP contribution in [0.15, 0.2) is 42.5 Å². The average Bonchev–Trinajstić information content (AvgIpc) is 2.69. The minimum atomic E-state index is -0.612. The Hall–Kier alpha value is -3.24. The minimum absolute atomic E-state index is 0.0155. The smallest absolute Gasteiger partial charge is 0.413 e. The molecule has 0 spiro atoms. The first-order valence-electron chi connectivity index (χ1n) is 8.86. The van der Waals surface area contributed by atoms with Crippen LogP contribution in [0.4, 0.5) is 16.2 Å². The van der Waals surface area contributed by atoms with E-state index in [1.165, 1.54) is 12.1 Å². The van der Waals surface area contributed by atoms with Crippen LogP contribution in [-0.4, -0.2) is 35.2 Å². The topological polar surface area (TPSA) is 123 Å². The first-order chi connectivity index (χ1) is 14.3. The van der Waals surface area contributed by atoms with E-state index in [1.54, 1.807) is 19.1 Å². The van der Waals surface area contributed by atoms with Gasteiger partial charge in [0.25, 0.3) is 11.6 Å². The lowest BCUT2D eigenvalue weighted by molar-refractivity contribution is -0.384. The predicted octanol–water partition coefficient (Wildman–Crippen LogP) is 3.66. The lowest BCUT2D eigenvalue weighted by Gasteiger charge is -2.10. The van der Waals surface area contributed by atoms with E-state index in [4.69, 9.17) is 28.6 Å². The molecule has 0 atom stereocenters. The van der Waals surface area contributed by atoms with Crippen LogP contribution in [0.3, 0.4) is 0 Å². The van der Waals surface area contributed by atoms with Crippen molar-refractivity contribution in [1.82, 2.24) is 10.6 Å². The number of rotatable bonds is 7. The lowest BCUT2D eigenvalue weighted by Crippen LogP contribution is -2.40. The standard InChI is InChI=1S/C19H19ClN4O5S/c1-2-29-19(26)23-18(30)21-10-9-12-3-5-13(6-4-12)22-17(25)15-11-14(24(27)28)7-8-16(15)20/h3-8,11H,2,9-10H2,1H3,(H,22,25)(H2,21,23,26,30). The molecule has 0 aromatic heterocycles. The fourth-order valence-electron chi connectivity index (χ4n) is 2.38. The summed E-state index contributed by atoms with van der Waals surface area (Å²) in [7, 11) is 0. The summed E-state index contributed by atoms with van der Waals surface area (Å²) in [5.74, 6) is -0.548. The molecule has 0 heterocycles. The normalized spacial score (nSPS) is 10.1. The number of amides is 2. The van der Waals surface area contributed by atoms with Crippen molar-refractivity contribution >= 4 is 52.3 Å². The maximum Gasteiger partial charge on any atom is 0.413 e. The molecular weight excluding hydrogens is 432 g/mol. The summed E-state index contributed by atoms with van der Waals surface area (Å²) in [4.78, 5) is 33.9. The van der Waals surface area contributed by atoms with Crippen molar-refractivity contribution in [3.05, 3.63) is 68.7 Å². The highest BCUT2D eigenvalue weighted by atomic mass is 35.5. The first-order valence-corrected chi connectivity index (χ1v) is 9.64. The molecule has 158 valence electrons. The molecule has 0 aliphatic heterocycles. The number of hydrogen-bond acceptors (Lipinski definition) is 6. The number of benzene rings is 2. The Kier molecular flexibility index (Phi) is 8.51. The Morgan fingerprint density at radius 3 is 2.53 bits per heavy atom. The fourth-order valence-corrected chi connectivity index (χ4v) is 2.77. The van der Waals surface area contributed by atoms with Gasteiger partial charge in [-0.2, -0.15) is 0 Å². The maximum absolute atomic E-state index is 12.4. The van der Waals surface area contributed by atoms with E-state index in [2.05, 4.69) is 16.0 Å². The molecule has 2 amide bonds. The molecule has 11 heteroatoms. The van der Waals surface area contributed by atoms with E-state index in [0.717, 1.165) is 11.6 Å². The summed E-state index contributed by atoms with van der Waals surface area (Å²) in [6, 6.07) is 10.7. The van der Waals surface area contributed by atoms with Crippen molar-refractivity contribution in [2.24, 2.45) is 0 Å². The number of halogens is 1. The molecule has 3 N–H and O–H groups in total. The quantitative estimate of drug-likeness (QED) is 0.334. The fraction of sp³-hybridized carbons (Fsp3) is 0.211. The van der Waals surface area contributed by atoms with Crippen molar-refractivity contribution in [3.8, 4) is 0 Å². The molecule has 2 aromatic carbocycles. The number of nitro groups is 1. The van der Waals surface area contributed by atoms with Gasteiger partial charge in [-0.15, -0.1) is 0 Å². The molecule has 0 radical (unpaired) electrons. The van der Waals surface area contributed by atoms with Gasteiger partial charge in [0, 0.05) is 24.4 Å². The van der Waals surface area contributed by atoms with E-state index >= 15 is 0 Å². The van der Waals surface area contributed by atoms with Crippen LogP contribution in [-0.2, 0) is 11.2 Å². The number of anilines is 1. The molecule has 9 nitrogen and oxygen atoms in total. The lowest BCUT2D eigenvalue weighted by atomic mass is 10.1. The van der Waals surface area contributed by atoms with E-state index in [0.29, 0.717) is 18.7 Å². The molecule has 0 unspecified atom stereocenters. The van der Waals surface area contributed by atoms with Crippen molar-refractivity contribution < 1.29 is 19.2 Å². The van der Waals surface area contributed by atoms with Crippen molar-refractivity contribution in [1.29, 1.82) is 0 Å². The maximum atomic E-state index is 12.4. The highest BCUT2D eigenvalue weighted by Crippen LogP contribution is 2.23. The molecule has 2 aromatic rings. The zero-order valence-corrected chi connectivity index (χ0v) is 17.5. The zero-order chi connectivity index (χ0) is 22.1. The van der Waals surface area contributed by atoms with Gasteiger partial charge in [0.15, 0.2) is 5.11 Å². The third-order valence-electron chi connectivity index (χ3n) is 3.81. The van der Waals surface area contributed by atoms with Gasteiger partial charge in [-0.1, -0.05) is 23.7 Å². The van der Waals surface area contributed by atoms with Gasteiger partial charge in [0.05, 0.1) is 22.1 Å². The molecule has 30 heavy (non-hydrogen) atoms. The molecule has 0 fully saturated rings. The summed E-state index contributed by atoms with van der Waals surface area (Å²) in [5, 5.41) is 19.1. The molecular formula is C19H19ClN4O5S. The number of non-ortho nitro benzene ring substituents is 1. The van der Waals surface area contributed by atoms with Gasteiger partial charge >= 0.3 is 6.09 Å². The number of carbonyl (C=O) groups is 2. The number of carbonyl (C=O) groups excluding carboxylic acids is 2. The highest BCUT2D eigenvalue weighted by Gasteiger charge is 2.16. The summed E-state index contributed by atoms with van der Waals surface area (Å²) in [6.07, 6.45) is 0.00853. The van der Waals surface area contributed by atoms with E-state index in [1.807, 2.05) is 12.1 Å². The van der Waals surface area contributed by atoms with Gasteiger partial charge in [0.1, 0.15) is 0 Å². The monoisotopic (exact) mass is 450 g/mol. The average molecular weight is 451 g/mol. The van der Waals surface area contributed by atoms with Crippen LogP contribution in [0.2, 0.25) is 5.02 Å². The number of ether oxygens (including phenoxy) is 1. The molecule has 0 aliphatic rings. The summed E-state index contributed by atoms with van der Waals surface area (Å²) in [6.45, 7) is 2.44. The molecule has 0 saturated carbocycles. The minimum Gasteiger partial charge on any atom is -0.450 e. The Balaban J connectivity index is 1.88. The second kappa shape index (κ2) is 11.1. The number of hydrogen-bond donors (Lipinski definition) is 3. The number of nitro benzene ring substituents is 1. The van der Waals surface area contributed by atoms with Crippen molar-refractivity contribution in [2.45, 2.75) is 13.3 Å². The Labute approximate surface area is 182 Å². The second-order valence-electron chi connectivity index (χ2n) is 5.92. The van der Waals surface area contributed by atoms with Gasteiger partial charge in [0.2, 0.25) is 0 Å². The van der Waals surface area contributed by atoms with Gasteiger partial charge in [-0.25, -0.2) is 4.79 Å². The Bertz CT molecular complexity index is 952. The van der Waals surface area contributed by atoms with E-state index in [-0.39, 0.29) is 28.0 Å². The van der Waals surface area contributed by atoms with Crippen LogP contribution < -0.4 is 16.0 Å². The van der Waals surface area contributed by atoms with Crippen molar-refractivity contribution in [2.75, 3.05) is 18.5 Å². The number of thiocarbonyl (C=S) groups is 1. The molecule has 2 rings (SSSR count). The Morgan fingerprint density at radius 1 is 1.20 bits per heavy atom. The summed E-state index contributed by atoms with van der Waals surface area (Å²) >= 11 is 11.0. The van der Waals surface area contributed by atoms with E-state index in [9.17, 15) is 19.7 Å². The zero-order valence-electron chi connectivity index (χ0n) is 15.9. The van der Waals surface area contributed by atoms with Crippen LogP contribution in [0.5, 0.6) is 0 Å². The SMILES string of the molecule is CCOC(=O)NC(=S)NCCc1ccc(NC(=O)c2cc([N+](=O)[O-])ccc2Cl)cc1. The number of nitrogens with one attached hydrogen (secondary N) is 3. The van der Waals surface area contributed by atoms with Gasteiger partial charge in [-0.3, -0.25) is 20.2 Å². The van der Waals surface area contributed by atoms with Crippen molar-refractivity contribution in [3.63, 3.8) is 0 Å². The molecule has 0 aliphatic carbocycles. The highest BCUT2D eigenvalue weighted by molar-refractivity contribution is 7.80. The number of nitrogens with zero attached hydrogens (tertiary/aromatic N) is 1. The van der Waals surface area contributed by atoms with Gasteiger partial charge in [-0.05, 0) is 49.3 Å². The first kappa shape index (κ1) is 23.0. The van der Waals surface area contributed by atoms with Gasteiger partial charge < -0.3 is 15.4 Å². The third-order valence-corrected chi connectivity index (χ3v) is 4.38. The van der Waals surface area contributed by atoms with Crippen LogP contribution in [0, 0.1) is 10.1 Å². The van der Waals surface area contributed by atoms with E-state index < -0.39 is 16.9 Å². The largest absolute Gasteiger partial charge is 0.450 e. The van der Waals surface area contributed by atoms with Crippen LogP contribution >= 0.6 is 23.8 Å². The Morgan fingerprint density at radius 2 is 1.90 bits per heavy atom. The number of alkyl carbamates (subject to hydrolysis) is 1. The molecule has 0 saturated heterocycles. The predicted molar refractivity (Wildman–Crippen MR) is 117 cm³/mol. The van der Waals surface area contributed by atoms with Crippen LogP contribution in [0.1, 0.15) is 22.8 Å². The second-order valence-corrected chi connectivity index (χ2v) is 6.74. The van der Waals surface area contributed by atoms with Crippen LogP contribution in [0.25, 0.3) is 0 Å². The summed E-state index contributed by atoms with van der Waals surface area (Å²) < 4.78 is 4.73. The third kappa shape index (κ3) is 6.98. The summed E-state index contributed by atoms with van der Waals surface area (Å²) in [5.41, 5.74) is 1.27. The molecule has 0 bridgehead atoms.